The summed E-state index contributed by atoms with van der Waals surface area (Å²) in [6, 6.07) is 12.8. The Kier molecular flexibility index (Phi) is 8.54. The predicted molar refractivity (Wildman–Crippen MR) is 144 cm³/mol. The zero-order valence-electron chi connectivity index (χ0n) is 19.7. The minimum atomic E-state index is -1.00. The van der Waals surface area contributed by atoms with Gasteiger partial charge in [0.2, 0.25) is 5.95 Å². The van der Waals surface area contributed by atoms with Gasteiger partial charge in [-0.1, -0.05) is 35.3 Å². The molecule has 0 bridgehead atoms. The molecular formula is C25H22Cl2N6O5. The molecule has 11 nitrogen and oxygen atoms in total. The summed E-state index contributed by atoms with van der Waals surface area (Å²) in [5.41, 5.74) is 0.451. The summed E-state index contributed by atoms with van der Waals surface area (Å²) in [5, 5.41) is 27.5. The second-order valence-electron chi connectivity index (χ2n) is 8.19. The van der Waals surface area contributed by atoms with Crippen LogP contribution < -0.4 is 21.5 Å². The maximum Gasteiger partial charge on any atom is 0.262 e. The number of aliphatic hydroxyl groups is 2. The van der Waals surface area contributed by atoms with Gasteiger partial charge in [0.05, 0.1) is 23.4 Å². The molecule has 2 aromatic heterocycles. The highest BCUT2D eigenvalue weighted by Gasteiger charge is 2.16. The van der Waals surface area contributed by atoms with Crippen molar-refractivity contribution in [2.75, 3.05) is 23.8 Å². The van der Waals surface area contributed by atoms with Crippen LogP contribution in [0.15, 0.2) is 59.5 Å². The maximum absolute atomic E-state index is 12.9. The van der Waals surface area contributed by atoms with Crippen molar-refractivity contribution in [2.45, 2.75) is 12.6 Å². The molecule has 0 radical (unpaired) electrons. The third-order valence-corrected chi connectivity index (χ3v) is 5.93. The van der Waals surface area contributed by atoms with Crippen molar-refractivity contribution < 1.29 is 19.8 Å². The van der Waals surface area contributed by atoms with E-state index in [4.69, 9.17) is 28.3 Å². The Labute approximate surface area is 225 Å². The van der Waals surface area contributed by atoms with Crippen LogP contribution in [0.3, 0.4) is 0 Å². The number of rotatable bonds is 9. The highest BCUT2D eigenvalue weighted by Crippen LogP contribution is 2.24. The van der Waals surface area contributed by atoms with Crippen LogP contribution in [0.2, 0.25) is 10.0 Å². The van der Waals surface area contributed by atoms with Crippen LogP contribution in [0.25, 0.3) is 11.0 Å². The number of aromatic nitrogens is 3. The molecule has 1 unspecified atom stereocenters. The van der Waals surface area contributed by atoms with Gasteiger partial charge in [-0.25, -0.2) is 4.98 Å². The molecule has 13 heteroatoms. The van der Waals surface area contributed by atoms with Crippen LogP contribution in [0.4, 0.5) is 11.6 Å². The van der Waals surface area contributed by atoms with E-state index in [-0.39, 0.29) is 46.5 Å². The number of hydrogen-bond acceptors (Lipinski definition) is 8. The van der Waals surface area contributed by atoms with Gasteiger partial charge in [-0.05, 0) is 42.0 Å². The lowest BCUT2D eigenvalue weighted by molar-refractivity contribution is 0.0949. The van der Waals surface area contributed by atoms with Crippen LogP contribution in [0.5, 0.6) is 0 Å². The summed E-state index contributed by atoms with van der Waals surface area (Å²) in [4.78, 5) is 48.9. The molecule has 0 aliphatic carbocycles. The molecule has 0 saturated heterocycles. The number of carbonyl (C=O) groups excluding carboxylic acids is 2. The van der Waals surface area contributed by atoms with Crippen molar-refractivity contribution in [3.05, 3.63) is 91.8 Å². The van der Waals surface area contributed by atoms with Gasteiger partial charge < -0.3 is 31.1 Å². The van der Waals surface area contributed by atoms with Crippen LogP contribution in [-0.2, 0) is 6.54 Å². The van der Waals surface area contributed by atoms with Gasteiger partial charge >= 0.3 is 0 Å². The Morgan fingerprint density at radius 2 is 1.89 bits per heavy atom. The zero-order valence-corrected chi connectivity index (χ0v) is 21.2. The van der Waals surface area contributed by atoms with Gasteiger partial charge in [0.25, 0.3) is 17.4 Å². The van der Waals surface area contributed by atoms with E-state index < -0.39 is 30.1 Å². The molecule has 6 N–H and O–H groups in total. The van der Waals surface area contributed by atoms with Crippen molar-refractivity contribution >= 4 is 57.7 Å². The van der Waals surface area contributed by atoms with E-state index in [1.54, 1.807) is 18.2 Å². The Morgan fingerprint density at radius 3 is 2.66 bits per heavy atom. The number of aliphatic hydroxyl groups excluding tert-OH is 2. The fraction of sp³-hybridized carbons (Fsp3) is 0.160. The first-order valence-electron chi connectivity index (χ1n) is 11.3. The quantitative estimate of drug-likeness (QED) is 0.182. The molecule has 2 heterocycles. The highest BCUT2D eigenvalue weighted by molar-refractivity contribution is 6.34. The smallest absolute Gasteiger partial charge is 0.262 e. The molecule has 0 aliphatic rings. The summed E-state index contributed by atoms with van der Waals surface area (Å²) in [6.45, 7) is -0.181. The van der Waals surface area contributed by atoms with Crippen molar-refractivity contribution in [2.24, 2.45) is 0 Å². The summed E-state index contributed by atoms with van der Waals surface area (Å²) in [6.07, 6.45) is 0.388. The summed E-state index contributed by atoms with van der Waals surface area (Å²) < 4.78 is 0. The predicted octanol–water partition coefficient (Wildman–Crippen LogP) is 2.57. The van der Waals surface area contributed by atoms with Gasteiger partial charge in [-0.15, -0.1) is 0 Å². The van der Waals surface area contributed by atoms with E-state index in [0.29, 0.717) is 10.4 Å². The summed E-state index contributed by atoms with van der Waals surface area (Å²) in [7, 11) is 0. The van der Waals surface area contributed by atoms with Gasteiger partial charge in [-0.3, -0.25) is 14.4 Å². The zero-order chi connectivity index (χ0) is 27.2. The first-order valence-corrected chi connectivity index (χ1v) is 12.1. The van der Waals surface area contributed by atoms with Crippen LogP contribution >= 0.6 is 23.2 Å². The Morgan fingerprint density at radius 1 is 1.08 bits per heavy atom. The number of aromatic amines is 1. The number of amides is 2. The number of halogens is 2. The van der Waals surface area contributed by atoms with E-state index in [1.165, 1.54) is 30.5 Å². The number of carbonyl (C=O) groups is 2. The Balaban J connectivity index is 1.48. The second-order valence-corrected chi connectivity index (χ2v) is 9.03. The number of benzene rings is 2. The molecule has 196 valence electrons. The average molecular weight is 557 g/mol. The molecule has 0 fully saturated rings. The lowest BCUT2D eigenvalue weighted by Crippen LogP contribution is -2.25. The number of pyridine rings is 1. The fourth-order valence-corrected chi connectivity index (χ4v) is 3.78. The highest BCUT2D eigenvalue weighted by atomic mass is 35.5. The molecule has 0 spiro atoms. The molecule has 0 saturated carbocycles. The largest absolute Gasteiger partial charge is 0.394 e. The molecular weight excluding hydrogens is 535 g/mol. The van der Waals surface area contributed by atoms with E-state index >= 15 is 0 Å². The number of nitrogens with zero attached hydrogens (tertiary/aromatic N) is 2. The van der Waals surface area contributed by atoms with Gasteiger partial charge in [-0.2, -0.15) is 4.98 Å². The number of nitrogens with one attached hydrogen (secondary N) is 4. The second kappa shape index (κ2) is 12.0. The number of hydrogen-bond donors (Lipinski definition) is 6. The van der Waals surface area contributed by atoms with Crippen molar-refractivity contribution in [3.8, 4) is 0 Å². The minimum Gasteiger partial charge on any atom is -0.394 e. The molecule has 4 rings (SSSR count). The van der Waals surface area contributed by atoms with Gasteiger partial charge in [0.15, 0.2) is 0 Å². The normalized spacial score (nSPS) is 11.7. The molecule has 4 aromatic rings. The Bertz CT molecular complexity index is 1560. The van der Waals surface area contributed by atoms with Gasteiger partial charge in [0.1, 0.15) is 11.2 Å². The van der Waals surface area contributed by atoms with Crippen LogP contribution in [0.1, 0.15) is 26.3 Å². The number of fused-ring (bicyclic) bond motifs is 1. The first kappa shape index (κ1) is 27.0. The van der Waals surface area contributed by atoms with Gasteiger partial charge in [0, 0.05) is 35.3 Å². The lowest BCUT2D eigenvalue weighted by atomic mass is 10.1. The molecule has 2 amide bonds. The molecule has 1 atom stereocenters. The summed E-state index contributed by atoms with van der Waals surface area (Å²) >= 11 is 12.2. The Hall–Kier alpha value is -4.03. The van der Waals surface area contributed by atoms with Crippen molar-refractivity contribution in [3.63, 3.8) is 0 Å². The maximum atomic E-state index is 12.9. The number of H-pyrrole nitrogens is 1. The monoisotopic (exact) mass is 556 g/mol. The van der Waals surface area contributed by atoms with Crippen molar-refractivity contribution in [1.29, 1.82) is 0 Å². The molecule has 38 heavy (non-hydrogen) atoms. The first-order chi connectivity index (χ1) is 18.2. The van der Waals surface area contributed by atoms with E-state index in [2.05, 4.69) is 30.9 Å². The third kappa shape index (κ3) is 6.64. The van der Waals surface area contributed by atoms with Crippen LogP contribution in [-0.4, -0.2) is 56.2 Å². The lowest BCUT2D eigenvalue weighted by Gasteiger charge is -2.11. The van der Waals surface area contributed by atoms with Crippen molar-refractivity contribution in [1.82, 2.24) is 20.3 Å². The number of anilines is 2. The fourth-order valence-electron chi connectivity index (χ4n) is 3.40. The SMILES string of the molecule is O=C(NCc1cccc(Cl)c1)c1ccc(Cl)c(NC(=O)c2cc3cnc(NCC(O)CO)nc3[nH]c2=O)c1. The topological polar surface area (TPSA) is 169 Å². The average Bonchev–Trinajstić information content (AvgIpc) is 2.91. The van der Waals surface area contributed by atoms with E-state index in [9.17, 15) is 19.5 Å². The third-order valence-electron chi connectivity index (χ3n) is 5.36. The molecule has 2 aromatic carbocycles. The van der Waals surface area contributed by atoms with E-state index in [1.807, 2.05) is 6.07 Å². The summed E-state index contributed by atoms with van der Waals surface area (Å²) in [5.74, 6) is -1.02. The van der Waals surface area contributed by atoms with E-state index in [0.717, 1.165) is 5.56 Å². The molecule has 0 aliphatic heterocycles. The minimum absolute atomic E-state index is 0.00514. The standard InChI is InChI=1S/C25H22Cl2N6O5/c26-16-3-1-2-13(6-16)9-28-22(36)14-4-5-19(27)20(8-14)31-23(37)18-7-15-10-29-25(30-11-17(35)12-34)33-21(15)32-24(18)38/h1-8,10,17,34-35H,9,11-12H2,(H,28,36)(H,31,37)(H2,29,30,32,33,38). The van der Waals surface area contributed by atoms with Crippen LogP contribution in [0, 0.1) is 0 Å².